The van der Waals surface area contributed by atoms with Crippen LogP contribution in [0.5, 0.6) is 5.75 Å². The highest BCUT2D eigenvalue weighted by Gasteiger charge is 2.26. The average molecular weight is 439 g/mol. The second kappa shape index (κ2) is 8.90. The van der Waals surface area contributed by atoms with Crippen LogP contribution in [0.1, 0.15) is 22.5 Å². The van der Waals surface area contributed by atoms with E-state index >= 15 is 0 Å². The Morgan fingerprint density at radius 2 is 1.94 bits per heavy atom. The lowest BCUT2D eigenvalue weighted by molar-refractivity contribution is -0.120. The van der Waals surface area contributed by atoms with Gasteiger partial charge in [0.2, 0.25) is 5.91 Å². The predicted molar refractivity (Wildman–Crippen MR) is 128 cm³/mol. The van der Waals surface area contributed by atoms with Crippen LogP contribution in [0.25, 0.3) is 16.8 Å². The van der Waals surface area contributed by atoms with E-state index in [1.165, 1.54) is 0 Å². The van der Waals surface area contributed by atoms with Crippen molar-refractivity contribution in [2.24, 2.45) is 0 Å². The number of benzene rings is 2. The summed E-state index contributed by atoms with van der Waals surface area (Å²) in [5, 5.41) is 7.70. The van der Waals surface area contributed by atoms with E-state index in [0.29, 0.717) is 13.0 Å². The number of rotatable bonds is 6. The van der Waals surface area contributed by atoms with Crippen LogP contribution in [0.2, 0.25) is 0 Å². The topological polar surface area (TPSA) is 69.0 Å². The number of carbonyl (C=O) groups excluding carboxylic acids is 1. The fraction of sp³-hybridized carbons (Fsp3) is 0.222. The third-order valence-corrected chi connectivity index (χ3v) is 6.11. The van der Waals surface area contributed by atoms with Crippen molar-refractivity contribution in [1.29, 1.82) is 0 Å². The Hall–Kier alpha value is -3.93. The molecule has 3 heterocycles. The Bertz CT molecular complexity index is 1280. The van der Waals surface area contributed by atoms with Crippen molar-refractivity contribution in [3.05, 3.63) is 95.6 Å². The molecule has 0 saturated heterocycles. The summed E-state index contributed by atoms with van der Waals surface area (Å²) in [6.07, 6.45) is 4.59. The van der Waals surface area contributed by atoms with Crippen molar-refractivity contribution in [2.75, 3.05) is 6.54 Å². The van der Waals surface area contributed by atoms with Gasteiger partial charge in [-0.05, 0) is 37.6 Å². The van der Waals surface area contributed by atoms with Crippen LogP contribution in [0, 0.1) is 13.8 Å². The van der Waals surface area contributed by atoms with Crippen LogP contribution in [-0.4, -0.2) is 33.3 Å². The van der Waals surface area contributed by atoms with E-state index in [9.17, 15) is 4.79 Å². The number of nitrogens with zero attached hydrogens (tertiary/aromatic N) is 3. The summed E-state index contributed by atoms with van der Waals surface area (Å²) in [5.74, 6) is 0.862. The summed E-state index contributed by atoms with van der Waals surface area (Å²) < 4.78 is 8.14. The van der Waals surface area contributed by atoms with Crippen molar-refractivity contribution in [3.63, 3.8) is 0 Å². The molecular formula is C27H26N4O2. The molecule has 2 aromatic heterocycles. The molecule has 1 N–H and O–H groups in total. The Kier molecular flexibility index (Phi) is 5.65. The largest absolute Gasteiger partial charge is 0.487 e. The van der Waals surface area contributed by atoms with Gasteiger partial charge in [-0.3, -0.25) is 9.78 Å². The maximum atomic E-state index is 12.8. The molecule has 0 saturated carbocycles. The number of para-hydroxylation sites is 2. The molecule has 1 aliphatic heterocycles. The van der Waals surface area contributed by atoms with Gasteiger partial charge in [-0.25, -0.2) is 4.68 Å². The summed E-state index contributed by atoms with van der Waals surface area (Å²) in [6, 6.07) is 20.1. The molecule has 6 heteroatoms. The zero-order chi connectivity index (χ0) is 22.8. The van der Waals surface area contributed by atoms with Gasteiger partial charge in [0, 0.05) is 41.2 Å². The first kappa shape index (κ1) is 20.9. The molecule has 0 fully saturated rings. The molecule has 1 atom stereocenters. The first-order chi connectivity index (χ1) is 16.1. The molecule has 4 aromatic rings. The quantitative estimate of drug-likeness (QED) is 0.490. The van der Waals surface area contributed by atoms with E-state index in [0.717, 1.165) is 51.5 Å². The number of fused-ring (bicyclic) bond motifs is 1. The summed E-state index contributed by atoms with van der Waals surface area (Å²) in [4.78, 5) is 17.0. The van der Waals surface area contributed by atoms with Gasteiger partial charge in [-0.15, -0.1) is 0 Å². The molecule has 0 aliphatic carbocycles. The number of ether oxygens (including phenoxy) is 1. The van der Waals surface area contributed by atoms with Crippen molar-refractivity contribution in [2.45, 2.75) is 32.8 Å². The SMILES string of the molecule is Cc1nn(-c2ccccc2)c(C)c1CC(=O)NC[C@H]1Cc2cccc(-c3cccnc3)c2O1. The molecule has 0 bridgehead atoms. The standard InChI is InChI=1S/C27H26N4O2/c1-18-25(19(2)31(30-18)22-10-4-3-5-11-22)15-26(32)29-17-23-14-20-8-6-12-24(27(20)33-23)21-9-7-13-28-16-21/h3-13,16,23H,14-15,17H2,1-2H3,(H,29,32)/t23-/m1/s1. The normalized spacial score (nSPS) is 14.5. The van der Waals surface area contributed by atoms with Gasteiger partial charge in [-0.1, -0.05) is 42.5 Å². The summed E-state index contributed by atoms with van der Waals surface area (Å²) >= 11 is 0. The van der Waals surface area contributed by atoms with Crippen LogP contribution in [0.15, 0.2) is 73.1 Å². The predicted octanol–water partition coefficient (Wildman–Crippen LogP) is 4.21. The van der Waals surface area contributed by atoms with E-state index in [1.807, 2.05) is 79.3 Å². The Morgan fingerprint density at radius 1 is 1.09 bits per heavy atom. The summed E-state index contributed by atoms with van der Waals surface area (Å²) in [7, 11) is 0. The van der Waals surface area contributed by atoms with Gasteiger partial charge < -0.3 is 10.1 Å². The van der Waals surface area contributed by atoms with E-state index in [-0.39, 0.29) is 12.0 Å². The van der Waals surface area contributed by atoms with E-state index in [2.05, 4.69) is 21.5 Å². The molecule has 5 rings (SSSR count). The third-order valence-electron chi connectivity index (χ3n) is 6.11. The molecule has 1 amide bonds. The molecule has 166 valence electrons. The maximum absolute atomic E-state index is 12.8. The molecule has 1 aliphatic rings. The van der Waals surface area contributed by atoms with Crippen LogP contribution in [0.3, 0.4) is 0 Å². The van der Waals surface area contributed by atoms with E-state index in [1.54, 1.807) is 6.20 Å². The summed E-state index contributed by atoms with van der Waals surface area (Å²) in [6.45, 7) is 4.42. The number of hydrogen-bond acceptors (Lipinski definition) is 4. The minimum absolute atomic E-state index is 0.0270. The van der Waals surface area contributed by atoms with Crippen molar-refractivity contribution >= 4 is 5.91 Å². The highest BCUT2D eigenvalue weighted by Crippen LogP contribution is 2.38. The van der Waals surface area contributed by atoms with Crippen LogP contribution in [-0.2, 0) is 17.6 Å². The molecular weight excluding hydrogens is 412 g/mol. The molecule has 33 heavy (non-hydrogen) atoms. The first-order valence-electron chi connectivity index (χ1n) is 11.2. The molecule has 6 nitrogen and oxygen atoms in total. The molecule has 2 aromatic carbocycles. The zero-order valence-corrected chi connectivity index (χ0v) is 18.8. The average Bonchev–Trinajstić information content (AvgIpc) is 3.39. The lowest BCUT2D eigenvalue weighted by Crippen LogP contribution is -2.35. The molecule has 0 unspecified atom stereocenters. The lowest BCUT2D eigenvalue weighted by atomic mass is 10.0. The number of aromatic nitrogens is 3. The first-order valence-corrected chi connectivity index (χ1v) is 11.2. The fourth-order valence-electron chi connectivity index (χ4n) is 4.40. The number of carbonyl (C=O) groups is 1. The maximum Gasteiger partial charge on any atom is 0.224 e. The highest BCUT2D eigenvalue weighted by atomic mass is 16.5. The fourth-order valence-corrected chi connectivity index (χ4v) is 4.40. The second-order valence-electron chi connectivity index (χ2n) is 8.36. The van der Waals surface area contributed by atoms with Gasteiger partial charge >= 0.3 is 0 Å². The second-order valence-corrected chi connectivity index (χ2v) is 8.36. The minimum atomic E-state index is -0.0870. The monoisotopic (exact) mass is 438 g/mol. The lowest BCUT2D eigenvalue weighted by Gasteiger charge is -2.14. The Balaban J connectivity index is 1.23. The van der Waals surface area contributed by atoms with Crippen molar-refractivity contribution < 1.29 is 9.53 Å². The minimum Gasteiger partial charge on any atom is -0.487 e. The highest BCUT2D eigenvalue weighted by molar-refractivity contribution is 5.79. The van der Waals surface area contributed by atoms with Gasteiger partial charge in [0.25, 0.3) is 0 Å². The van der Waals surface area contributed by atoms with Gasteiger partial charge in [0.05, 0.1) is 24.3 Å². The molecule has 0 radical (unpaired) electrons. The number of hydrogen-bond donors (Lipinski definition) is 1. The van der Waals surface area contributed by atoms with E-state index in [4.69, 9.17) is 4.74 Å². The van der Waals surface area contributed by atoms with Crippen LogP contribution < -0.4 is 10.1 Å². The Morgan fingerprint density at radius 3 is 2.73 bits per heavy atom. The Labute approximate surface area is 193 Å². The van der Waals surface area contributed by atoms with Crippen LogP contribution >= 0.6 is 0 Å². The number of aryl methyl sites for hydroxylation is 1. The number of pyridine rings is 1. The number of amides is 1. The smallest absolute Gasteiger partial charge is 0.224 e. The van der Waals surface area contributed by atoms with Gasteiger partial charge in [0.1, 0.15) is 11.9 Å². The summed E-state index contributed by atoms with van der Waals surface area (Å²) in [5.41, 5.74) is 7.04. The van der Waals surface area contributed by atoms with E-state index < -0.39 is 0 Å². The van der Waals surface area contributed by atoms with Gasteiger partial charge in [-0.2, -0.15) is 5.10 Å². The van der Waals surface area contributed by atoms with Crippen LogP contribution in [0.4, 0.5) is 0 Å². The van der Waals surface area contributed by atoms with Gasteiger partial charge in [0.15, 0.2) is 0 Å². The molecule has 0 spiro atoms. The third kappa shape index (κ3) is 4.24. The van der Waals surface area contributed by atoms with Crippen molar-refractivity contribution in [3.8, 4) is 22.6 Å². The van der Waals surface area contributed by atoms with Crippen molar-refractivity contribution in [1.82, 2.24) is 20.1 Å². The number of nitrogens with one attached hydrogen (secondary N) is 1. The zero-order valence-electron chi connectivity index (χ0n) is 18.8.